The quantitative estimate of drug-likeness (QED) is 0.152. The molecule has 0 heterocycles. The van der Waals surface area contributed by atoms with Crippen LogP contribution in [0.15, 0.2) is 146 Å². The number of rotatable bonds is 20. The van der Waals surface area contributed by atoms with Crippen molar-refractivity contribution >= 4 is 0 Å². The fraction of sp³-hybridized carbons (Fsp3) is 0.351. The molecule has 0 radical (unpaired) electrons. The SMILES string of the molecule is C=C/C=C(\C)N(CC)C(=C)/C=C\C/C=C(\C=C/C/C=C(\C=C/C(C)N)N(CC)/C(C)=C/C=C)N(CC)/C(C)=C/C=C. The van der Waals surface area contributed by atoms with Crippen LogP contribution in [0.25, 0.3) is 0 Å². The van der Waals surface area contributed by atoms with Crippen LogP contribution in [-0.4, -0.2) is 40.4 Å². The summed E-state index contributed by atoms with van der Waals surface area (Å²) in [5, 5.41) is 0. The molecular formula is C37H56N4. The number of hydrogen-bond acceptors (Lipinski definition) is 4. The van der Waals surface area contributed by atoms with Crippen LogP contribution < -0.4 is 5.73 Å². The first-order valence-corrected chi connectivity index (χ1v) is 14.7. The van der Waals surface area contributed by atoms with E-state index in [9.17, 15) is 0 Å². The van der Waals surface area contributed by atoms with E-state index in [0.717, 1.165) is 66.7 Å². The van der Waals surface area contributed by atoms with Crippen LogP contribution in [0.4, 0.5) is 0 Å². The summed E-state index contributed by atoms with van der Waals surface area (Å²) in [6.07, 6.45) is 30.4. The fourth-order valence-corrected chi connectivity index (χ4v) is 4.38. The Morgan fingerprint density at radius 3 is 1.44 bits per heavy atom. The van der Waals surface area contributed by atoms with Crippen LogP contribution in [0.3, 0.4) is 0 Å². The molecular weight excluding hydrogens is 500 g/mol. The van der Waals surface area contributed by atoms with Gasteiger partial charge in [-0.15, -0.1) is 0 Å². The molecule has 0 aromatic rings. The van der Waals surface area contributed by atoms with Gasteiger partial charge in [0.25, 0.3) is 0 Å². The highest BCUT2D eigenvalue weighted by atomic mass is 15.1. The third kappa shape index (κ3) is 14.4. The van der Waals surface area contributed by atoms with Crippen molar-refractivity contribution in [1.82, 2.24) is 14.7 Å². The predicted octanol–water partition coefficient (Wildman–Crippen LogP) is 9.30. The maximum atomic E-state index is 6.02. The molecule has 1 atom stereocenters. The van der Waals surface area contributed by atoms with E-state index < -0.39 is 0 Å². The van der Waals surface area contributed by atoms with Crippen LogP contribution in [0.2, 0.25) is 0 Å². The van der Waals surface area contributed by atoms with E-state index in [2.05, 4.69) is 125 Å². The second-order valence-electron chi connectivity index (χ2n) is 9.61. The van der Waals surface area contributed by atoms with Gasteiger partial charge in [0.15, 0.2) is 0 Å². The average Bonchev–Trinajstić information content (AvgIpc) is 2.92. The Hall–Kier alpha value is -3.76. The van der Waals surface area contributed by atoms with Crippen molar-refractivity contribution in [1.29, 1.82) is 0 Å². The Morgan fingerprint density at radius 2 is 1.05 bits per heavy atom. The van der Waals surface area contributed by atoms with Crippen molar-refractivity contribution < 1.29 is 0 Å². The normalized spacial score (nSPS) is 14.6. The zero-order valence-corrected chi connectivity index (χ0v) is 26.9. The van der Waals surface area contributed by atoms with E-state index in [0.29, 0.717) is 0 Å². The first kappa shape index (κ1) is 37.2. The van der Waals surface area contributed by atoms with Crippen LogP contribution in [-0.2, 0) is 0 Å². The average molecular weight is 557 g/mol. The van der Waals surface area contributed by atoms with E-state index in [1.165, 1.54) is 0 Å². The summed E-state index contributed by atoms with van der Waals surface area (Å²) in [5.41, 5.74) is 12.7. The molecule has 0 aliphatic heterocycles. The lowest BCUT2D eigenvalue weighted by atomic mass is 10.2. The molecule has 0 bridgehead atoms. The van der Waals surface area contributed by atoms with Crippen molar-refractivity contribution in [3.05, 3.63) is 146 Å². The summed E-state index contributed by atoms with van der Waals surface area (Å²) in [5.74, 6) is 0. The summed E-state index contributed by atoms with van der Waals surface area (Å²) >= 11 is 0. The first-order valence-electron chi connectivity index (χ1n) is 14.7. The van der Waals surface area contributed by atoms with Gasteiger partial charge in [-0.05, 0) is 97.8 Å². The minimum absolute atomic E-state index is 0.0147. The van der Waals surface area contributed by atoms with Crippen LogP contribution in [0.5, 0.6) is 0 Å². The van der Waals surface area contributed by atoms with Crippen LogP contribution >= 0.6 is 0 Å². The molecule has 0 aromatic carbocycles. The van der Waals surface area contributed by atoms with Crippen molar-refractivity contribution in [2.45, 2.75) is 67.3 Å². The Morgan fingerprint density at radius 1 is 0.659 bits per heavy atom. The molecule has 0 fully saturated rings. The molecule has 41 heavy (non-hydrogen) atoms. The smallest absolute Gasteiger partial charge is 0.0368 e. The minimum atomic E-state index is -0.0147. The van der Waals surface area contributed by atoms with E-state index in [4.69, 9.17) is 5.73 Å². The van der Waals surface area contributed by atoms with Gasteiger partial charge in [0, 0.05) is 59.9 Å². The monoisotopic (exact) mass is 556 g/mol. The zero-order chi connectivity index (χ0) is 31.2. The number of nitrogens with zero attached hydrogens (tertiary/aromatic N) is 3. The molecule has 0 amide bonds. The lowest BCUT2D eigenvalue weighted by molar-refractivity contribution is 0.462. The van der Waals surface area contributed by atoms with Gasteiger partial charge >= 0.3 is 0 Å². The summed E-state index contributed by atoms with van der Waals surface area (Å²) in [7, 11) is 0. The Bertz CT molecular complexity index is 1090. The molecule has 2 N–H and O–H groups in total. The van der Waals surface area contributed by atoms with Crippen LogP contribution in [0, 0.1) is 0 Å². The Labute approximate surface area is 252 Å². The minimum Gasteiger partial charge on any atom is -0.346 e. The van der Waals surface area contributed by atoms with E-state index in [1.54, 1.807) is 6.08 Å². The predicted molar refractivity (Wildman–Crippen MR) is 185 cm³/mol. The van der Waals surface area contributed by atoms with E-state index in [1.807, 2.05) is 43.4 Å². The third-order valence-corrected chi connectivity index (χ3v) is 6.37. The highest BCUT2D eigenvalue weighted by Crippen LogP contribution is 2.19. The first-order chi connectivity index (χ1) is 19.6. The molecule has 0 aliphatic carbocycles. The van der Waals surface area contributed by atoms with Crippen molar-refractivity contribution in [3.63, 3.8) is 0 Å². The molecule has 0 saturated carbocycles. The molecule has 4 heteroatoms. The highest BCUT2D eigenvalue weighted by molar-refractivity contribution is 5.29. The van der Waals surface area contributed by atoms with Crippen LogP contribution in [0.1, 0.15) is 61.3 Å². The van der Waals surface area contributed by atoms with Gasteiger partial charge in [0.05, 0.1) is 0 Å². The van der Waals surface area contributed by atoms with Gasteiger partial charge in [-0.25, -0.2) is 0 Å². The number of allylic oxidation sites excluding steroid dienone is 16. The Kier molecular flexibility index (Phi) is 20.0. The summed E-state index contributed by atoms with van der Waals surface area (Å²) in [6.45, 7) is 33.1. The second-order valence-corrected chi connectivity index (χ2v) is 9.61. The van der Waals surface area contributed by atoms with Gasteiger partial charge in [-0.2, -0.15) is 0 Å². The maximum absolute atomic E-state index is 6.02. The number of hydrogen-bond donors (Lipinski definition) is 1. The molecule has 1 unspecified atom stereocenters. The van der Waals surface area contributed by atoms with Gasteiger partial charge in [0.2, 0.25) is 0 Å². The fourth-order valence-electron chi connectivity index (χ4n) is 4.38. The summed E-state index contributed by atoms with van der Waals surface area (Å²) in [4.78, 5) is 6.74. The van der Waals surface area contributed by atoms with Gasteiger partial charge in [-0.3, -0.25) is 0 Å². The highest BCUT2D eigenvalue weighted by Gasteiger charge is 2.08. The molecule has 0 aromatic heterocycles. The Balaban J connectivity index is 6.18. The summed E-state index contributed by atoms with van der Waals surface area (Å²) in [6, 6.07) is -0.0147. The topological polar surface area (TPSA) is 35.7 Å². The van der Waals surface area contributed by atoms with Gasteiger partial charge in [-0.1, -0.05) is 74.9 Å². The maximum Gasteiger partial charge on any atom is 0.0368 e. The van der Waals surface area contributed by atoms with E-state index >= 15 is 0 Å². The van der Waals surface area contributed by atoms with Crippen molar-refractivity contribution in [2.75, 3.05) is 19.6 Å². The number of nitrogens with two attached hydrogens (primary N) is 1. The largest absolute Gasteiger partial charge is 0.346 e. The molecule has 0 rings (SSSR count). The van der Waals surface area contributed by atoms with Crippen molar-refractivity contribution in [2.24, 2.45) is 5.73 Å². The standard InChI is InChI=1S/C37H56N4/c1-12-22-32(8)39(15-4)35(11)25-18-19-26-36(40(16-5)33(9)23-13-2)27-20-21-28-37(30-29-31(7)38)41(17-6)34(10)24-14-3/h12-14,18,20,22-31H,1-3,11,15-17,19,21,38H2,4-10H3/b25-18-,27-20-,30-29-,32-22+,33-23+,34-24+,36-26+,37-28+. The molecule has 0 aliphatic rings. The summed E-state index contributed by atoms with van der Waals surface area (Å²) < 4.78 is 0. The lowest BCUT2D eigenvalue weighted by Crippen LogP contribution is -2.20. The van der Waals surface area contributed by atoms with Crippen molar-refractivity contribution in [3.8, 4) is 0 Å². The molecule has 0 spiro atoms. The van der Waals surface area contributed by atoms with Gasteiger partial charge in [0.1, 0.15) is 0 Å². The van der Waals surface area contributed by atoms with Gasteiger partial charge < -0.3 is 20.4 Å². The lowest BCUT2D eigenvalue weighted by Gasteiger charge is -2.26. The zero-order valence-electron chi connectivity index (χ0n) is 26.9. The second kappa shape index (κ2) is 22.0. The molecule has 0 saturated heterocycles. The molecule has 224 valence electrons. The molecule has 4 nitrogen and oxygen atoms in total. The third-order valence-electron chi connectivity index (χ3n) is 6.37. The van der Waals surface area contributed by atoms with E-state index in [-0.39, 0.29) is 6.04 Å². The number of likely N-dealkylation sites (N-methyl/N-ethyl adjacent to an activating group) is 3.